The van der Waals surface area contributed by atoms with Crippen LogP contribution in [0.5, 0.6) is 0 Å². The fourth-order valence-corrected chi connectivity index (χ4v) is 4.46. The van der Waals surface area contributed by atoms with Gasteiger partial charge in [-0.2, -0.15) is 0 Å². The van der Waals surface area contributed by atoms with Crippen LogP contribution in [0.2, 0.25) is 0 Å². The summed E-state index contributed by atoms with van der Waals surface area (Å²) >= 11 is 0. The first-order valence-corrected chi connectivity index (χ1v) is 13.3. The summed E-state index contributed by atoms with van der Waals surface area (Å²) in [6.07, 6.45) is 5.47. The van der Waals surface area contributed by atoms with Gasteiger partial charge in [0.05, 0.1) is 12.1 Å². The Hall–Kier alpha value is -2.72. The lowest BCUT2D eigenvalue weighted by Crippen LogP contribution is -2.65. The molecule has 0 aromatic heterocycles. The molecule has 2 fully saturated rings. The topological polar surface area (TPSA) is 140 Å². The molecule has 0 aromatic carbocycles. The number of piperidine rings is 2. The molecule has 10 nitrogen and oxygen atoms in total. The molecule has 2 saturated heterocycles. The maximum atomic E-state index is 12.8. The highest BCUT2D eigenvalue weighted by atomic mass is 16.6. The van der Waals surface area contributed by atoms with E-state index in [9.17, 15) is 19.2 Å². The highest BCUT2D eigenvalue weighted by molar-refractivity contribution is 5.93. The van der Waals surface area contributed by atoms with Crippen LogP contribution in [0.15, 0.2) is 25.3 Å². The van der Waals surface area contributed by atoms with Gasteiger partial charge in [0.1, 0.15) is 16.7 Å². The molecule has 0 aromatic rings. The van der Waals surface area contributed by atoms with Gasteiger partial charge in [-0.1, -0.05) is 12.2 Å². The molecule has 0 spiro atoms. The van der Waals surface area contributed by atoms with Crippen LogP contribution in [0, 0.1) is 0 Å². The third-order valence-corrected chi connectivity index (χ3v) is 6.26. The summed E-state index contributed by atoms with van der Waals surface area (Å²) in [5.41, 5.74) is 2.53. The van der Waals surface area contributed by atoms with Crippen molar-refractivity contribution in [3.8, 4) is 0 Å². The van der Waals surface area contributed by atoms with Crippen LogP contribution in [0.25, 0.3) is 0 Å². The van der Waals surface area contributed by atoms with Crippen LogP contribution >= 0.6 is 0 Å². The Bertz CT molecular complexity index is 876. The second kappa shape index (κ2) is 13.9. The van der Waals surface area contributed by atoms with E-state index in [1.54, 1.807) is 53.7 Å². The molecule has 2 rings (SSSR count). The maximum absolute atomic E-state index is 12.8. The summed E-state index contributed by atoms with van der Waals surface area (Å²) in [6, 6.07) is 0. The van der Waals surface area contributed by atoms with Crippen LogP contribution in [-0.4, -0.2) is 77.1 Å². The van der Waals surface area contributed by atoms with Crippen LogP contribution in [0.3, 0.4) is 0 Å². The molecule has 2 aliphatic heterocycles. The van der Waals surface area contributed by atoms with Gasteiger partial charge in [0.25, 0.3) is 0 Å². The second-order valence-corrected chi connectivity index (χ2v) is 11.8. The number of Topliss-reactive ketones (excluding diaryl/α,β-unsaturated/α-hetero) is 2. The van der Waals surface area contributed by atoms with Gasteiger partial charge in [-0.25, -0.2) is 9.59 Å². The van der Waals surface area contributed by atoms with E-state index in [0.29, 0.717) is 38.8 Å². The van der Waals surface area contributed by atoms with Crippen LogP contribution in [0.1, 0.15) is 80.1 Å². The van der Waals surface area contributed by atoms with E-state index in [0.717, 1.165) is 13.0 Å². The number of carbonyl (C=O) groups is 4. The minimum Gasteiger partial charge on any atom is -0.444 e. The Labute approximate surface area is 227 Å². The van der Waals surface area contributed by atoms with Crippen molar-refractivity contribution in [2.24, 2.45) is 5.73 Å². The van der Waals surface area contributed by atoms with Gasteiger partial charge < -0.3 is 25.8 Å². The fraction of sp³-hybridized carbons (Fsp3) is 0.714. The Morgan fingerprint density at radius 1 is 1.00 bits per heavy atom. The first kappa shape index (κ1) is 33.3. The Kier molecular flexibility index (Phi) is 12.2. The highest BCUT2D eigenvalue weighted by Gasteiger charge is 2.49. The third kappa shape index (κ3) is 9.54. The van der Waals surface area contributed by atoms with Crippen molar-refractivity contribution < 1.29 is 28.7 Å². The third-order valence-electron chi connectivity index (χ3n) is 6.26. The van der Waals surface area contributed by atoms with E-state index in [-0.39, 0.29) is 24.5 Å². The van der Waals surface area contributed by atoms with E-state index in [1.165, 1.54) is 4.90 Å². The van der Waals surface area contributed by atoms with Crippen molar-refractivity contribution in [1.29, 1.82) is 0 Å². The van der Waals surface area contributed by atoms with Crippen molar-refractivity contribution in [2.45, 2.75) is 102 Å². The smallest absolute Gasteiger partial charge is 0.411 e. The van der Waals surface area contributed by atoms with Gasteiger partial charge in [0.2, 0.25) is 0 Å². The number of nitrogens with zero attached hydrogens (tertiary/aromatic N) is 1. The van der Waals surface area contributed by atoms with E-state index < -0.39 is 34.5 Å². The molecule has 0 saturated carbocycles. The summed E-state index contributed by atoms with van der Waals surface area (Å²) < 4.78 is 10.7. The van der Waals surface area contributed by atoms with Crippen molar-refractivity contribution >= 4 is 23.8 Å². The molecule has 0 bridgehead atoms. The predicted octanol–water partition coefficient (Wildman–Crippen LogP) is 3.64. The minimum absolute atomic E-state index is 0.0496. The van der Waals surface area contributed by atoms with E-state index >= 15 is 0 Å². The number of amides is 2. The lowest BCUT2D eigenvalue weighted by Gasteiger charge is -2.45. The zero-order valence-electron chi connectivity index (χ0n) is 24.1. The number of nitrogens with one attached hydrogen (secondary N) is 2. The molecule has 4 N–H and O–H groups in total. The summed E-state index contributed by atoms with van der Waals surface area (Å²) in [4.78, 5) is 50.5. The first-order chi connectivity index (χ1) is 17.6. The van der Waals surface area contributed by atoms with Crippen LogP contribution in [-0.2, 0) is 19.1 Å². The molecule has 216 valence electrons. The molecule has 0 aliphatic carbocycles. The zero-order valence-corrected chi connectivity index (χ0v) is 24.1. The van der Waals surface area contributed by atoms with Crippen molar-refractivity contribution in [1.82, 2.24) is 15.5 Å². The summed E-state index contributed by atoms with van der Waals surface area (Å²) in [5, 5.41) is 5.82. The van der Waals surface area contributed by atoms with Crippen LogP contribution in [0.4, 0.5) is 9.59 Å². The van der Waals surface area contributed by atoms with E-state index in [2.05, 4.69) is 23.8 Å². The van der Waals surface area contributed by atoms with E-state index in [1.807, 2.05) is 0 Å². The predicted molar refractivity (Wildman–Crippen MR) is 148 cm³/mol. The number of rotatable bonds is 7. The van der Waals surface area contributed by atoms with Gasteiger partial charge in [0, 0.05) is 25.9 Å². The molecule has 10 heteroatoms. The average Bonchev–Trinajstić information content (AvgIpc) is 2.79. The Morgan fingerprint density at radius 2 is 1.58 bits per heavy atom. The molecule has 2 heterocycles. The number of hydrogen-bond acceptors (Lipinski definition) is 8. The number of nitrogens with two attached hydrogens (primary N) is 1. The summed E-state index contributed by atoms with van der Waals surface area (Å²) in [6.45, 7) is 19.5. The molecular formula is C28H48N4O6. The number of ketones is 2. The van der Waals surface area contributed by atoms with Crippen molar-refractivity contribution in [3.05, 3.63) is 25.3 Å². The first-order valence-electron chi connectivity index (χ1n) is 13.3. The minimum atomic E-state index is -1.21. The molecular weight excluding hydrogens is 488 g/mol. The average molecular weight is 537 g/mol. The normalized spacial score (nSPS) is 24.0. The van der Waals surface area contributed by atoms with Crippen molar-refractivity contribution in [2.75, 3.05) is 26.2 Å². The quantitative estimate of drug-likeness (QED) is 0.419. The molecule has 0 radical (unpaired) electrons. The standard InChI is InChI=1S/C19H32N2O5.C9H16N2O/c1-8-11-19(13-20-15(23)25-17(2,3)4)14(22)10-9-12-21(19)16(24)26-18(5,6)7;1-2-5-9(7-10)8(12)4-3-6-11-9/h8H,1,9-13H2,2-7H3,(H,20,23);2,11H,1,3-7,10H2/t19-;9-/m11/s1. The SMILES string of the molecule is C=CC[C@@]1(CNC(=O)OC(C)(C)C)C(=O)CCCN1C(=O)OC(C)(C)C.C=CC[C@]1(CN)NCCCC1=O. The van der Waals surface area contributed by atoms with Gasteiger partial charge >= 0.3 is 12.2 Å². The molecule has 0 unspecified atom stereocenters. The Balaban J connectivity index is 0.000000499. The molecule has 2 atom stereocenters. The number of alkyl carbamates (subject to hydrolysis) is 1. The monoisotopic (exact) mass is 536 g/mol. The number of ether oxygens (including phenoxy) is 2. The van der Waals surface area contributed by atoms with E-state index in [4.69, 9.17) is 15.2 Å². The number of hydrogen-bond donors (Lipinski definition) is 3. The van der Waals surface area contributed by atoms with Gasteiger partial charge in [-0.15, -0.1) is 13.2 Å². The molecule has 38 heavy (non-hydrogen) atoms. The lowest BCUT2D eigenvalue weighted by molar-refractivity contribution is -0.134. The van der Waals surface area contributed by atoms with Gasteiger partial charge in [-0.3, -0.25) is 14.5 Å². The number of carbonyl (C=O) groups excluding carboxylic acids is 4. The molecule has 2 amide bonds. The van der Waals surface area contributed by atoms with Gasteiger partial charge in [0.15, 0.2) is 11.6 Å². The summed E-state index contributed by atoms with van der Waals surface area (Å²) in [7, 11) is 0. The number of likely N-dealkylation sites (tertiary alicyclic amines) is 1. The highest BCUT2D eigenvalue weighted by Crippen LogP contribution is 2.30. The molecule has 2 aliphatic rings. The Morgan fingerprint density at radius 3 is 2.08 bits per heavy atom. The zero-order chi connectivity index (χ0) is 29.2. The fourth-order valence-electron chi connectivity index (χ4n) is 4.46. The summed E-state index contributed by atoms with van der Waals surface area (Å²) in [5.74, 6) is 0.113. The van der Waals surface area contributed by atoms with Gasteiger partial charge in [-0.05, 0) is 73.8 Å². The largest absolute Gasteiger partial charge is 0.444 e. The maximum Gasteiger partial charge on any atom is 0.411 e. The van der Waals surface area contributed by atoms with Crippen LogP contribution < -0.4 is 16.4 Å². The van der Waals surface area contributed by atoms with Crippen molar-refractivity contribution in [3.63, 3.8) is 0 Å². The second-order valence-electron chi connectivity index (χ2n) is 11.8. The lowest BCUT2D eigenvalue weighted by atomic mass is 9.82.